The van der Waals surface area contributed by atoms with E-state index in [1.165, 1.54) is 18.6 Å². The highest BCUT2D eigenvalue weighted by atomic mass is 19.1. The number of benzene rings is 1. The minimum atomic E-state index is -0.330. The van der Waals surface area contributed by atoms with E-state index in [4.69, 9.17) is 10.5 Å². The summed E-state index contributed by atoms with van der Waals surface area (Å²) in [4.78, 5) is 12.1. The maximum Gasteiger partial charge on any atom is 0.220 e. The van der Waals surface area contributed by atoms with Crippen LogP contribution in [0.15, 0.2) is 24.3 Å². The van der Waals surface area contributed by atoms with Crippen molar-refractivity contribution in [3.05, 3.63) is 30.1 Å². The molecule has 0 aliphatic heterocycles. The van der Waals surface area contributed by atoms with Crippen LogP contribution < -0.4 is 15.8 Å². The van der Waals surface area contributed by atoms with Gasteiger partial charge in [-0.25, -0.2) is 4.39 Å². The molecular weight excluding hydrogens is 283 g/mol. The van der Waals surface area contributed by atoms with Gasteiger partial charge in [-0.2, -0.15) is 0 Å². The van der Waals surface area contributed by atoms with Crippen LogP contribution in [0.5, 0.6) is 5.75 Å². The quantitative estimate of drug-likeness (QED) is 0.761. The van der Waals surface area contributed by atoms with Gasteiger partial charge in [0.2, 0.25) is 5.91 Å². The van der Waals surface area contributed by atoms with Gasteiger partial charge < -0.3 is 15.8 Å². The van der Waals surface area contributed by atoms with Crippen LogP contribution >= 0.6 is 0 Å². The zero-order valence-corrected chi connectivity index (χ0v) is 12.9. The zero-order valence-electron chi connectivity index (χ0n) is 12.9. The number of nitrogens with one attached hydrogen (secondary N) is 1. The van der Waals surface area contributed by atoms with Gasteiger partial charge in [0, 0.05) is 12.5 Å². The molecule has 0 bridgehead atoms. The highest BCUT2D eigenvalue weighted by Gasteiger charge is 2.32. The lowest BCUT2D eigenvalue weighted by molar-refractivity contribution is -0.124. The molecule has 0 spiro atoms. The standard InChI is InChI=1S/C17H25FN2O2/c18-14-5-4-6-15(11-14)22-10-9-20-16(21)12-17(13-19)7-2-1-3-8-17/h4-6,11H,1-3,7-10,12-13,19H2,(H,20,21). The van der Waals surface area contributed by atoms with Crippen LogP contribution in [0, 0.1) is 11.2 Å². The molecule has 22 heavy (non-hydrogen) atoms. The molecule has 2 rings (SSSR count). The van der Waals surface area contributed by atoms with Crippen molar-refractivity contribution in [1.82, 2.24) is 5.32 Å². The van der Waals surface area contributed by atoms with E-state index in [2.05, 4.69) is 5.32 Å². The highest BCUT2D eigenvalue weighted by Crippen LogP contribution is 2.38. The van der Waals surface area contributed by atoms with E-state index in [1.54, 1.807) is 12.1 Å². The number of carbonyl (C=O) groups is 1. The van der Waals surface area contributed by atoms with Crippen molar-refractivity contribution in [1.29, 1.82) is 0 Å². The molecule has 5 heteroatoms. The minimum Gasteiger partial charge on any atom is -0.492 e. The second-order valence-electron chi connectivity index (χ2n) is 6.10. The molecule has 1 fully saturated rings. The largest absolute Gasteiger partial charge is 0.492 e. The van der Waals surface area contributed by atoms with E-state index in [0.29, 0.717) is 31.9 Å². The maximum absolute atomic E-state index is 13.0. The number of halogens is 1. The fraction of sp³-hybridized carbons (Fsp3) is 0.588. The van der Waals surface area contributed by atoms with Gasteiger partial charge in [-0.15, -0.1) is 0 Å². The molecule has 0 radical (unpaired) electrons. The smallest absolute Gasteiger partial charge is 0.220 e. The summed E-state index contributed by atoms with van der Waals surface area (Å²) in [6, 6.07) is 5.98. The van der Waals surface area contributed by atoms with E-state index in [1.807, 2.05) is 0 Å². The Balaban J connectivity index is 1.69. The summed E-state index contributed by atoms with van der Waals surface area (Å²) in [5.41, 5.74) is 5.87. The van der Waals surface area contributed by atoms with E-state index < -0.39 is 0 Å². The molecule has 1 aliphatic carbocycles. The summed E-state index contributed by atoms with van der Waals surface area (Å²) >= 11 is 0. The van der Waals surface area contributed by atoms with Crippen LogP contribution in [0.3, 0.4) is 0 Å². The Kier molecular flexibility index (Phi) is 6.19. The van der Waals surface area contributed by atoms with Crippen LogP contribution in [0.2, 0.25) is 0 Å². The number of rotatable bonds is 7. The third-order valence-corrected chi connectivity index (χ3v) is 4.37. The zero-order chi connectivity index (χ0) is 15.8. The van der Waals surface area contributed by atoms with Crippen LogP contribution in [-0.2, 0) is 4.79 Å². The van der Waals surface area contributed by atoms with E-state index >= 15 is 0 Å². The predicted molar refractivity (Wildman–Crippen MR) is 84.1 cm³/mol. The molecule has 1 amide bonds. The summed E-state index contributed by atoms with van der Waals surface area (Å²) in [5.74, 6) is 0.166. The molecule has 122 valence electrons. The molecule has 1 aromatic rings. The first-order chi connectivity index (χ1) is 10.6. The Labute approximate surface area is 131 Å². The Morgan fingerprint density at radius 1 is 1.32 bits per heavy atom. The fourth-order valence-corrected chi connectivity index (χ4v) is 3.07. The van der Waals surface area contributed by atoms with Gasteiger partial charge in [0.15, 0.2) is 0 Å². The third-order valence-electron chi connectivity index (χ3n) is 4.37. The third kappa shape index (κ3) is 4.98. The summed E-state index contributed by atoms with van der Waals surface area (Å²) in [6.45, 7) is 1.31. The second kappa shape index (κ2) is 8.13. The monoisotopic (exact) mass is 308 g/mol. The molecule has 1 saturated carbocycles. The summed E-state index contributed by atoms with van der Waals surface area (Å²) in [6.07, 6.45) is 6.13. The van der Waals surface area contributed by atoms with Gasteiger partial charge in [-0.1, -0.05) is 25.3 Å². The second-order valence-corrected chi connectivity index (χ2v) is 6.10. The summed E-state index contributed by atoms with van der Waals surface area (Å²) in [5, 5.41) is 2.86. The SMILES string of the molecule is NCC1(CC(=O)NCCOc2cccc(F)c2)CCCCC1. The van der Waals surface area contributed by atoms with Crippen molar-refractivity contribution in [3.8, 4) is 5.75 Å². The number of hydrogen-bond donors (Lipinski definition) is 2. The van der Waals surface area contributed by atoms with Crippen molar-refractivity contribution >= 4 is 5.91 Å². The number of ether oxygens (including phenoxy) is 1. The number of hydrogen-bond acceptors (Lipinski definition) is 3. The van der Waals surface area contributed by atoms with Crippen molar-refractivity contribution in [3.63, 3.8) is 0 Å². The number of carbonyl (C=O) groups excluding carboxylic acids is 1. The van der Waals surface area contributed by atoms with Gasteiger partial charge in [-0.3, -0.25) is 4.79 Å². The lowest BCUT2D eigenvalue weighted by Gasteiger charge is -2.35. The Morgan fingerprint density at radius 2 is 2.09 bits per heavy atom. The topological polar surface area (TPSA) is 64.4 Å². The maximum atomic E-state index is 13.0. The average molecular weight is 308 g/mol. The lowest BCUT2D eigenvalue weighted by atomic mass is 9.72. The summed E-state index contributed by atoms with van der Waals surface area (Å²) < 4.78 is 18.4. The first-order valence-corrected chi connectivity index (χ1v) is 7.99. The Bertz CT molecular complexity index is 487. The minimum absolute atomic E-state index is 0.0221. The average Bonchev–Trinajstić information content (AvgIpc) is 2.52. The van der Waals surface area contributed by atoms with Crippen LogP contribution in [0.1, 0.15) is 38.5 Å². The van der Waals surface area contributed by atoms with Gasteiger partial charge in [-0.05, 0) is 36.9 Å². The first kappa shape index (κ1) is 16.7. The van der Waals surface area contributed by atoms with Gasteiger partial charge >= 0.3 is 0 Å². The lowest BCUT2D eigenvalue weighted by Crippen LogP contribution is -2.39. The highest BCUT2D eigenvalue weighted by molar-refractivity contribution is 5.76. The molecule has 3 N–H and O–H groups in total. The van der Waals surface area contributed by atoms with Crippen molar-refractivity contribution in [2.24, 2.45) is 11.1 Å². The van der Waals surface area contributed by atoms with Gasteiger partial charge in [0.25, 0.3) is 0 Å². The van der Waals surface area contributed by atoms with Crippen LogP contribution in [0.25, 0.3) is 0 Å². The van der Waals surface area contributed by atoms with Crippen molar-refractivity contribution in [2.45, 2.75) is 38.5 Å². The van der Waals surface area contributed by atoms with E-state index in [0.717, 1.165) is 25.7 Å². The van der Waals surface area contributed by atoms with E-state index in [-0.39, 0.29) is 17.1 Å². The number of amides is 1. The Morgan fingerprint density at radius 3 is 2.77 bits per heavy atom. The Hall–Kier alpha value is -1.62. The molecule has 0 saturated heterocycles. The molecule has 1 aliphatic rings. The van der Waals surface area contributed by atoms with Gasteiger partial charge in [0.1, 0.15) is 18.2 Å². The molecule has 4 nitrogen and oxygen atoms in total. The van der Waals surface area contributed by atoms with Crippen molar-refractivity contribution < 1.29 is 13.9 Å². The molecular formula is C17H25FN2O2. The normalized spacial score (nSPS) is 17.0. The fourth-order valence-electron chi connectivity index (χ4n) is 3.07. The summed E-state index contributed by atoms with van der Waals surface area (Å²) in [7, 11) is 0. The first-order valence-electron chi connectivity index (χ1n) is 7.99. The van der Waals surface area contributed by atoms with Crippen molar-refractivity contribution in [2.75, 3.05) is 19.7 Å². The molecule has 0 heterocycles. The number of nitrogens with two attached hydrogens (primary N) is 1. The molecule has 0 atom stereocenters. The van der Waals surface area contributed by atoms with E-state index in [9.17, 15) is 9.18 Å². The van der Waals surface area contributed by atoms with Crippen LogP contribution in [0.4, 0.5) is 4.39 Å². The van der Waals surface area contributed by atoms with Gasteiger partial charge in [0.05, 0.1) is 6.54 Å². The molecule has 0 aromatic heterocycles. The van der Waals surface area contributed by atoms with Crippen LogP contribution in [-0.4, -0.2) is 25.6 Å². The molecule has 1 aromatic carbocycles. The molecule has 0 unspecified atom stereocenters. The predicted octanol–water partition coefficient (Wildman–Crippen LogP) is 2.62.